The van der Waals surface area contributed by atoms with Crippen LogP contribution in [0.1, 0.15) is 11.4 Å². The van der Waals surface area contributed by atoms with Gasteiger partial charge >= 0.3 is 0 Å². The Morgan fingerprint density at radius 3 is 2.60 bits per heavy atom. The van der Waals surface area contributed by atoms with Gasteiger partial charge in [-0.3, -0.25) is 0 Å². The quantitative estimate of drug-likeness (QED) is 0.650. The van der Waals surface area contributed by atoms with Crippen LogP contribution in [0.15, 0.2) is 24.5 Å². The summed E-state index contributed by atoms with van der Waals surface area (Å²) in [7, 11) is 0. The third-order valence-electron chi connectivity index (χ3n) is 2.48. The normalized spacial score (nSPS) is 10.6. The number of imidazole rings is 1. The van der Waals surface area contributed by atoms with Gasteiger partial charge in [-0.15, -0.1) is 0 Å². The van der Waals surface area contributed by atoms with Crippen molar-refractivity contribution >= 4 is 28.3 Å². The van der Waals surface area contributed by atoms with E-state index in [4.69, 9.17) is 5.73 Å². The van der Waals surface area contributed by atoms with Gasteiger partial charge in [0, 0.05) is 15.0 Å². The molecule has 0 unspecified atom stereocenters. The molecule has 0 saturated heterocycles. The van der Waals surface area contributed by atoms with Crippen LogP contribution >= 0.6 is 22.6 Å². The first-order chi connectivity index (χ1) is 7.09. The van der Waals surface area contributed by atoms with Gasteiger partial charge in [-0.2, -0.15) is 0 Å². The number of aryl methyl sites for hydroxylation is 1. The number of nitrogens with zero attached hydrogens (tertiary/aromatic N) is 2. The van der Waals surface area contributed by atoms with Crippen LogP contribution in [0.2, 0.25) is 0 Å². The van der Waals surface area contributed by atoms with E-state index in [1.54, 1.807) is 0 Å². The molecule has 0 spiro atoms. The van der Waals surface area contributed by atoms with Crippen molar-refractivity contribution in [3.8, 4) is 5.69 Å². The molecule has 78 valence electrons. The van der Waals surface area contributed by atoms with Crippen LogP contribution in [0, 0.1) is 17.4 Å². The highest BCUT2D eigenvalue weighted by molar-refractivity contribution is 14.1. The zero-order valence-electron chi connectivity index (χ0n) is 8.66. The molecule has 0 atom stereocenters. The van der Waals surface area contributed by atoms with E-state index in [2.05, 4.69) is 39.1 Å². The maximum atomic E-state index is 5.72. The number of rotatable bonds is 1. The Bertz CT molecular complexity index is 503. The smallest absolute Gasteiger partial charge is 0.0997 e. The maximum absolute atomic E-state index is 5.72. The molecule has 0 bridgehead atoms. The molecule has 0 aliphatic rings. The third kappa shape index (κ3) is 1.86. The number of nitrogens with two attached hydrogens (primary N) is 1. The second-order valence-electron chi connectivity index (χ2n) is 3.50. The monoisotopic (exact) mass is 313 g/mol. The molecular formula is C11H12IN3. The Balaban J connectivity index is 2.59. The van der Waals surface area contributed by atoms with Crippen LogP contribution in [0.4, 0.5) is 5.69 Å². The summed E-state index contributed by atoms with van der Waals surface area (Å²) in [5, 5.41) is 0. The summed E-state index contributed by atoms with van der Waals surface area (Å²) >= 11 is 2.29. The summed E-state index contributed by atoms with van der Waals surface area (Å²) in [5.41, 5.74) is 9.86. The number of benzene rings is 1. The molecule has 1 aromatic carbocycles. The van der Waals surface area contributed by atoms with E-state index < -0.39 is 0 Å². The minimum absolute atomic E-state index is 0.789. The van der Waals surface area contributed by atoms with E-state index in [0.29, 0.717) is 0 Å². The molecule has 0 fully saturated rings. The molecule has 0 aliphatic carbocycles. The second kappa shape index (κ2) is 3.84. The molecule has 3 nitrogen and oxygen atoms in total. The third-order valence-corrected chi connectivity index (χ3v) is 3.35. The van der Waals surface area contributed by atoms with Crippen molar-refractivity contribution in [3.05, 3.63) is 39.5 Å². The van der Waals surface area contributed by atoms with Crippen LogP contribution in [-0.4, -0.2) is 9.55 Å². The van der Waals surface area contributed by atoms with Crippen molar-refractivity contribution in [2.45, 2.75) is 13.8 Å². The SMILES string of the molecule is Cc1ncn(-c2ccc(N)cc2I)c1C. The molecular weight excluding hydrogens is 301 g/mol. The fourth-order valence-corrected chi connectivity index (χ4v) is 2.26. The van der Waals surface area contributed by atoms with Crippen LogP contribution < -0.4 is 5.73 Å². The first kappa shape index (κ1) is 10.5. The number of nitrogen functional groups attached to an aromatic ring is 1. The van der Waals surface area contributed by atoms with E-state index in [9.17, 15) is 0 Å². The predicted molar refractivity (Wildman–Crippen MR) is 70.2 cm³/mol. The van der Waals surface area contributed by atoms with Gasteiger partial charge in [0.05, 0.1) is 17.7 Å². The molecule has 1 aromatic heterocycles. The average Bonchev–Trinajstić information content (AvgIpc) is 2.49. The topological polar surface area (TPSA) is 43.8 Å². The molecule has 0 amide bonds. The van der Waals surface area contributed by atoms with Gasteiger partial charge in [-0.25, -0.2) is 4.98 Å². The lowest BCUT2D eigenvalue weighted by atomic mass is 10.2. The highest BCUT2D eigenvalue weighted by Gasteiger charge is 2.07. The van der Waals surface area contributed by atoms with Crippen molar-refractivity contribution in [1.82, 2.24) is 9.55 Å². The number of aromatic nitrogens is 2. The van der Waals surface area contributed by atoms with Crippen LogP contribution in [0.5, 0.6) is 0 Å². The lowest BCUT2D eigenvalue weighted by molar-refractivity contribution is 0.994. The molecule has 15 heavy (non-hydrogen) atoms. The number of anilines is 1. The van der Waals surface area contributed by atoms with Crippen molar-refractivity contribution in [1.29, 1.82) is 0 Å². The van der Waals surface area contributed by atoms with E-state index >= 15 is 0 Å². The minimum atomic E-state index is 0.789. The summed E-state index contributed by atoms with van der Waals surface area (Å²) in [4.78, 5) is 4.28. The van der Waals surface area contributed by atoms with E-state index in [1.807, 2.05) is 31.5 Å². The van der Waals surface area contributed by atoms with Gasteiger partial charge < -0.3 is 10.3 Å². The zero-order valence-corrected chi connectivity index (χ0v) is 10.8. The molecule has 2 N–H and O–H groups in total. The minimum Gasteiger partial charge on any atom is -0.399 e. The summed E-state index contributed by atoms with van der Waals surface area (Å²) in [6.45, 7) is 4.07. The summed E-state index contributed by atoms with van der Waals surface area (Å²) in [5.74, 6) is 0. The lowest BCUT2D eigenvalue weighted by Crippen LogP contribution is -1.99. The Morgan fingerprint density at radius 1 is 1.33 bits per heavy atom. The van der Waals surface area contributed by atoms with Crippen LogP contribution in [0.25, 0.3) is 5.69 Å². The molecule has 4 heteroatoms. The maximum Gasteiger partial charge on any atom is 0.0997 e. The Labute approximate surface area is 102 Å². The predicted octanol–water partition coefficient (Wildman–Crippen LogP) is 2.68. The zero-order chi connectivity index (χ0) is 11.0. The van der Waals surface area contributed by atoms with Gasteiger partial charge in [0.15, 0.2) is 0 Å². The molecule has 0 radical (unpaired) electrons. The van der Waals surface area contributed by atoms with E-state index in [1.165, 1.54) is 0 Å². The van der Waals surface area contributed by atoms with Crippen molar-refractivity contribution in [2.24, 2.45) is 0 Å². The molecule has 1 heterocycles. The Hall–Kier alpha value is -1.04. The lowest BCUT2D eigenvalue weighted by Gasteiger charge is -2.08. The first-order valence-corrected chi connectivity index (χ1v) is 5.73. The number of hydrogen-bond donors (Lipinski definition) is 1. The van der Waals surface area contributed by atoms with Crippen molar-refractivity contribution in [2.75, 3.05) is 5.73 Å². The van der Waals surface area contributed by atoms with E-state index in [-0.39, 0.29) is 0 Å². The number of hydrogen-bond acceptors (Lipinski definition) is 2. The molecule has 0 saturated carbocycles. The van der Waals surface area contributed by atoms with Gasteiger partial charge in [0.25, 0.3) is 0 Å². The highest BCUT2D eigenvalue weighted by atomic mass is 127. The van der Waals surface area contributed by atoms with Gasteiger partial charge in [-0.05, 0) is 54.6 Å². The van der Waals surface area contributed by atoms with Gasteiger partial charge in [0.1, 0.15) is 0 Å². The standard InChI is InChI=1S/C11H12IN3/c1-7-8(2)15(6-14-7)11-4-3-9(13)5-10(11)12/h3-6H,13H2,1-2H3. The van der Waals surface area contributed by atoms with E-state index in [0.717, 1.165) is 26.3 Å². The Kier molecular flexibility index (Phi) is 2.68. The average molecular weight is 313 g/mol. The number of halogens is 1. The second-order valence-corrected chi connectivity index (χ2v) is 4.66. The highest BCUT2D eigenvalue weighted by Crippen LogP contribution is 2.21. The molecule has 2 aromatic rings. The Morgan fingerprint density at radius 2 is 2.07 bits per heavy atom. The van der Waals surface area contributed by atoms with Gasteiger partial charge in [-0.1, -0.05) is 0 Å². The van der Waals surface area contributed by atoms with Crippen molar-refractivity contribution < 1.29 is 0 Å². The van der Waals surface area contributed by atoms with Crippen molar-refractivity contribution in [3.63, 3.8) is 0 Å². The fraction of sp³-hybridized carbons (Fsp3) is 0.182. The molecule has 0 aliphatic heterocycles. The summed E-state index contributed by atoms with van der Waals surface area (Å²) < 4.78 is 3.21. The largest absolute Gasteiger partial charge is 0.399 e. The van der Waals surface area contributed by atoms with Crippen LogP contribution in [-0.2, 0) is 0 Å². The van der Waals surface area contributed by atoms with Gasteiger partial charge in [0.2, 0.25) is 0 Å². The molecule has 2 rings (SSSR count). The fourth-order valence-electron chi connectivity index (χ4n) is 1.46. The first-order valence-electron chi connectivity index (χ1n) is 4.65. The summed E-state index contributed by atoms with van der Waals surface area (Å²) in [6.07, 6.45) is 1.85. The summed E-state index contributed by atoms with van der Waals surface area (Å²) in [6, 6.07) is 5.89. The van der Waals surface area contributed by atoms with Crippen LogP contribution in [0.3, 0.4) is 0 Å².